The molecule has 5 heteroatoms. The van der Waals surface area contributed by atoms with Crippen molar-refractivity contribution >= 4 is 29.5 Å². The van der Waals surface area contributed by atoms with Crippen molar-refractivity contribution in [1.82, 2.24) is 10.0 Å². The fraction of sp³-hybridized carbons (Fsp3) is 0.550. The van der Waals surface area contributed by atoms with Gasteiger partial charge >= 0.3 is 0 Å². The predicted octanol–water partition coefficient (Wildman–Crippen LogP) is 4.97. The lowest BCUT2D eigenvalue weighted by Gasteiger charge is -2.39. The third-order valence-corrected chi connectivity index (χ3v) is 6.84. The molecule has 25 heavy (non-hydrogen) atoms. The van der Waals surface area contributed by atoms with Crippen LogP contribution in [0.3, 0.4) is 0 Å². The molecule has 0 spiro atoms. The van der Waals surface area contributed by atoms with Crippen LogP contribution in [0.1, 0.15) is 46.5 Å². The second-order valence-electron chi connectivity index (χ2n) is 7.95. The highest BCUT2D eigenvalue weighted by Gasteiger charge is 2.35. The lowest BCUT2D eigenvalue weighted by molar-refractivity contribution is -0.126. The van der Waals surface area contributed by atoms with Gasteiger partial charge in [-0.3, -0.25) is 4.79 Å². The van der Waals surface area contributed by atoms with E-state index in [1.807, 2.05) is 38.1 Å². The second-order valence-corrected chi connectivity index (χ2v) is 9.20. The molecule has 2 aliphatic carbocycles. The van der Waals surface area contributed by atoms with Crippen LogP contribution in [-0.2, 0) is 4.79 Å². The fourth-order valence-electron chi connectivity index (χ4n) is 3.79. The third kappa shape index (κ3) is 4.60. The number of carbonyl (C=O) groups excluding carboxylic acids is 1. The van der Waals surface area contributed by atoms with Gasteiger partial charge in [0.1, 0.15) is 5.54 Å². The first-order chi connectivity index (χ1) is 11.8. The molecule has 1 fully saturated rings. The van der Waals surface area contributed by atoms with E-state index in [-0.39, 0.29) is 11.9 Å². The van der Waals surface area contributed by atoms with Crippen molar-refractivity contribution < 1.29 is 4.79 Å². The first kappa shape index (κ1) is 18.8. The van der Waals surface area contributed by atoms with Crippen LogP contribution in [0.4, 0.5) is 0 Å². The molecule has 3 rings (SSSR count). The maximum absolute atomic E-state index is 12.8. The highest BCUT2D eigenvalue weighted by atomic mass is 35.5. The molecule has 2 aliphatic rings. The van der Waals surface area contributed by atoms with Crippen molar-refractivity contribution in [2.24, 2.45) is 11.8 Å². The highest BCUT2D eigenvalue weighted by Crippen LogP contribution is 2.39. The van der Waals surface area contributed by atoms with E-state index in [9.17, 15) is 4.79 Å². The lowest BCUT2D eigenvalue weighted by Crippen LogP contribution is -2.55. The van der Waals surface area contributed by atoms with Crippen LogP contribution in [0, 0.1) is 11.8 Å². The Morgan fingerprint density at radius 3 is 2.80 bits per heavy atom. The van der Waals surface area contributed by atoms with Gasteiger partial charge in [-0.05, 0) is 75.4 Å². The first-order valence-electron chi connectivity index (χ1n) is 9.02. The molecular formula is C20H27ClN2OS. The molecule has 0 saturated heterocycles. The summed E-state index contributed by atoms with van der Waals surface area (Å²) >= 11 is 7.60. The minimum absolute atomic E-state index is 0.0483. The molecule has 1 amide bonds. The summed E-state index contributed by atoms with van der Waals surface area (Å²) in [5.74, 6) is 1.36. The smallest absolute Gasteiger partial charge is 0.240 e. The average molecular weight is 379 g/mol. The molecule has 3 nitrogen and oxygen atoms in total. The van der Waals surface area contributed by atoms with E-state index in [1.165, 1.54) is 24.8 Å². The SMILES string of the molecule is CC1CC2=CCC(NC(=O)C(C)(C)NSc3ccccc3Cl)C(C2)C1. The molecule has 1 aromatic rings. The normalized spacial score (nSPS) is 26.1. The van der Waals surface area contributed by atoms with Crippen LogP contribution in [0.2, 0.25) is 5.02 Å². The van der Waals surface area contributed by atoms with Gasteiger partial charge in [-0.25, -0.2) is 4.72 Å². The Balaban J connectivity index is 1.59. The molecule has 2 N–H and O–H groups in total. The number of benzene rings is 1. The number of rotatable bonds is 5. The van der Waals surface area contributed by atoms with Gasteiger partial charge < -0.3 is 5.32 Å². The number of nitrogens with one attached hydrogen (secondary N) is 2. The second kappa shape index (κ2) is 7.73. The van der Waals surface area contributed by atoms with E-state index in [2.05, 4.69) is 23.0 Å². The molecule has 0 aliphatic heterocycles. The third-order valence-electron chi connectivity index (χ3n) is 5.21. The van der Waals surface area contributed by atoms with Crippen LogP contribution in [0.15, 0.2) is 40.8 Å². The molecule has 3 atom stereocenters. The van der Waals surface area contributed by atoms with Gasteiger partial charge in [-0.15, -0.1) is 0 Å². The van der Waals surface area contributed by atoms with E-state index in [0.717, 1.165) is 23.7 Å². The number of carbonyl (C=O) groups is 1. The summed E-state index contributed by atoms with van der Waals surface area (Å²) in [5, 5.41) is 3.99. The van der Waals surface area contributed by atoms with Crippen LogP contribution in [0.25, 0.3) is 0 Å². The fourth-order valence-corrected chi connectivity index (χ4v) is 4.81. The van der Waals surface area contributed by atoms with Crippen LogP contribution in [0.5, 0.6) is 0 Å². The topological polar surface area (TPSA) is 41.1 Å². The van der Waals surface area contributed by atoms with Gasteiger partial charge in [-0.2, -0.15) is 0 Å². The summed E-state index contributed by atoms with van der Waals surface area (Å²) in [7, 11) is 0. The van der Waals surface area contributed by atoms with Crippen molar-refractivity contribution in [2.75, 3.05) is 0 Å². The van der Waals surface area contributed by atoms with Crippen LogP contribution >= 0.6 is 23.5 Å². The zero-order chi connectivity index (χ0) is 18.0. The molecular weight excluding hydrogens is 352 g/mol. The van der Waals surface area contributed by atoms with E-state index < -0.39 is 5.54 Å². The zero-order valence-electron chi connectivity index (χ0n) is 15.1. The van der Waals surface area contributed by atoms with Crippen molar-refractivity contribution in [3.63, 3.8) is 0 Å². The van der Waals surface area contributed by atoms with E-state index >= 15 is 0 Å². The van der Waals surface area contributed by atoms with E-state index in [1.54, 1.807) is 5.57 Å². The molecule has 0 heterocycles. The number of allylic oxidation sites excluding steroid dienone is 1. The quantitative estimate of drug-likeness (QED) is 0.561. The monoisotopic (exact) mass is 378 g/mol. The standard InChI is InChI=1S/C20H27ClN2OS/c1-13-10-14-8-9-17(15(11-13)12-14)22-19(24)20(2,3)23-25-18-7-5-4-6-16(18)21/h4-8,13,15,17,23H,9-12H2,1-3H3,(H,22,24). The highest BCUT2D eigenvalue weighted by molar-refractivity contribution is 7.97. The van der Waals surface area contributed by atoms with Gasteiger partial charge in [0.2, 0.25) is 5.91 Å². The Labute approximate surface area is 160 Å². The van der Waals surface area contributed by atoms with E-state index in [0.29, 0.717) is 10.9 Å². The first-order valence-corrected chi connectivity index (χ1v) is 10.2. The minimum Gasteiger partial charge on any atom is -0.351 e. The summed E-state index contributed by atoms with van der Waals surface area (Å²) in [6.07, 6.45) is 6.91. The summed E-state index contributed by atoms with van der Waals surface area (Å²) in [5.41, 5.74) is 0.912. The van der Waals surface area contributed by atoms with Crippen molar-refractivity contribution in [3.05, 3.63) is 40.9 Å². The Morgan fingerprint density at radius 1 is 1.28 bits per heavy atom. The molecule has 2 bridgehead atoms. The van der Waals surface area contributed by atoms with Crippen LogP contribution < -0.4 is 10.0 Å². The molecule has 136 valence electrons. The number of hydrogen-bond donors (Lipinski definition) is 2. The van der Waals surface area contributed by atoms with E-state index in [4.69, 9.17) is 11.6 Å². The molecule has 0 aromatic heterocycles. The molecule has 0 radical (unpaired) electrons. The number of fused-ring (bicyclic) bond motifs is 2. The molecule has 1 saturated carbocycles. The average Bonchev–Trinajstić information content (AvgIpc) is 2.56. The summed E-state index contributed by atoms with van der Waals surface area (Å²) in [6, 6.07) is 7.91. The number of hydrogen-bond acceptors (Lipinski definition) is 3. The number of amides is 1. The Bertz CT molecular complexity index is 673. The van der Waals surface area contributed by atoms with Crippen molar-refractivity contribution in [3.8, 4) is 0 Å². The van der Waals surface area contributed by atoms with Gasteiger partial charge in [0, 0.05) is 10.9 Å². The zero-order valence-corrected chi connectivity index (χ0v) is 16.7. The largest absolute Gasteiger partial charge is 0.351 e. The Hall–Kier alpha value is -0.970. The van der Waals surface area contributed by atoms with Crippen LogP contribution in [-0.4, -0.2) is 17.5 Å². The summed E-state index contributed by atoms with van der Waals surface area (Å²) in [6.45, 7) is 6.15. The van der Waals surface area contributed by atoms with Gasteiger partial charge in [0.15, 0.2) is 0 Å². The summed E-state index contributed by atoms with van der Waals surface area (Å²) < 4.78 is 3.27. The molecule has 1 aromatic carbocycles. The van der Waals surface area contributed by atoms with Gasteiger partial charge in [0.05, 0.1) is 5.02 Å². The van der Waals surface area contributed by atoms with Crippen molar-refractivity contribution in [2.45, 2.75) is 62.9 Å². The van der Waals surface area contributed by atoms with Crippen molar-refractivity contribution in [1.29, 1.82) is 0 Å². The lowest BCUT2D eigenvalue weighted by atomic mass is 9.71. The molecule has 3 unspecified atom stereocenters. The maximum atomic E-state index is 12.8. The Kier molecular flexibility index (Phi) is 5.81. The van der Waals surface area contributed by atoms with Gasteiger partial charge in [0.25, 0.3) is 0 Å². The summed E-state index contributed by atoms with van der Waals surface area (Å²) in [4.78, 5) is 13.8. The van der Waals surface area contributed by atoms with Gasteiger partial charge in [-0.1, -0.05) is 42.3 Å². The predicted molar refractivity (Wildman–Crippen MR) is 106 cm³/mol. The Morgan fingerprint density at radius 2 is 2.04 bits per heavy atom. The number of halogens is 1. The maximum Gasteiger partial charge on any atom is 0.240 e. The minimum atomic E-state index is -0.673.